The molecule has 0 saturated carbocycles. The van der Waals surface area contributed by atoms with Crippen molar-refractivity contribution in [2.45, 2.75) is 26.3 Å². The van der Waals surface area contributed by atoms with E-state index in [1.165, 1.54) is 11.1 Å². The van der Waals surface area contributed by atoms with E-state index in [4.69, 9.17) is 14.5 Å². The first-order chi connectivity index (χ1) is 13.6. The molecule has 0 saturated heterocycles. The van der Waals surface area contributed by atoms with Gasteiger partial charge in [-0.1, -0.05) is 12.1 Å². The third-order valence-electron chi connectivity index (χ3n) is 4.93. The smallest absolute Gasteiger partial charge is 0.194 e. The highest BCUT2D eigenvalue weighted by Gasteiger charge is 2.21. The molecular formula is C22H29N3O3. The first kappa shape index (κ1) is 19.9. The van der Waals surface area contributed by atoms with Gasteiger partial charge < -0.3 is 24.8 Å². The van der Waals surface area contributed by atoms with Crippen LogP contribution in [-0.2, 0) is 19.4 Å². The maximum Gasteiger partial charge on any atom is 0.194 e. The van der Waals surface area contributed by atoms with Crippen molar-refractivity contribution in [2.24, 2.45) is 4.99 Å². The molecular weight excluding hydrogens is 354 g/mol. The molecule has 0 aromatic heterocycles. The van der Waals surface area contributed by atoms with E-state index >= 15 is 0 Å². The summed E-state index contributed by atoms with van der Waals surface area (Å²) in [6, 6.07) is 11.5. The molecule has 0 radical (unpaired) electrons. The highest BCUT2D eigenvalue weighted by molar-refractivity contribution is 5.80. The highest BCUT2D eigenvalue weighted by atomic mass is 16.5. The number of guanidine groups is 1. The Morgan fingerprint density at radius 2 is 1.89 bits per heavy atom. The Morgan fingerprint density at radius 1 is 1.14 bits per heavy atom. The quantitative estimate of drug-likeness (QED) is 0.593. The number of aromatic hydroxyl groups is 1. The molecule has 2 aromatic rings. The van der Waals surface area contributed by atoms with E-state index in [2.05, 4.69) is 29.3 Å². The van der Waals surface area contributed by atoms with Gasteiger partial charge in [-0.15, -0.1) is 0 Å². The van der Waals surface area contributed by atoms with E-state index in [1.54, 1.807) is 26.4 Å². The fraction of sp³-hybridized carbons (Fsp3) is 0.409. The van der Waals surface area contributed by atoms with Gasteiger partial charge in [-0.05, 0) is 60.7 Å². The van der Waals surface area contributed by atoms with Crippen molar-refractivity contribution < 1.29 is 14.6 Å². The molecule has 0 bridgehead atoms. The average molecular weight is 383 g/mol. The molecule has 0 fully saturated rings. The molecule has 0 unspecified atom stereocenters. The molecule has 0 atom stereocenters. The lowest BCUT2D eigenvalue weighted by molar-refractivity contribution is 0.346. The number of methoxy groups -OCH3 is 2. The van der Waals surface area contributed by atoms with Crippen LogP contribution in [0.5, 0.6) is 17.2 Å². The molecule has 1 heterocycles. The monoisotopic (exact) mass is 383 g/mol. The van der Waals surface area contributed by atoms with E-state index in [-0.39, 0.29) is 0 Å². The Morgan fingerprint density at radius 3 is 2.57 bits per heavy atom. The van der Waals surface area contributed by atoms with Crippen LogP contribution in [0.25, 0.3) is 0 Å². The van der Waals surface area contributed by atoms with Gasteiger partial charge in [-0.3, -0.25) is 4.99 Å². The predicted octanol–water partition coefficient (Wildman–Crippen LogP) is 2.98. The van der Waals surface area contributed by atoms with Crippen LogP contribution < -0.4 is 14.8 Å². The molecule has 6 nitrogen and oxygen atoms in total. The van der Waals surface area contributed by atoms with E-state index in [0.717, 1.165) is 55.5 Å². The van der Waals surface area contributed by atoms with Crippen LogP contribution in [0, 0.1) is 0 Å². The number of ether oxygens (including phenoxy) is 2. The van der Waals surface area contributed by atoms with Crippen molar-refractivity contribution >= 4 is 5.96 Å². The Hall–Kier alpha value is -2.89. The normalized spacial score (nSPS) is 13.8. The standard InChI is InChI=1S/C22H29N3O3/c1-4-23-22(24-10-8-16-6-5-7-19(26)12-16)25-11-9-17-13-20(27-2)21(28-3)14-18(17)15-25/h5-7,12-14,26H,4,8-11,15H2,1-3H3,(H,23,24). The number of hydrogen-bond donors (Lipinski definition) is 2. The summed E-state index contributed by atoms with van der Waals surface area (Å²) < 4.78 is 10.9. The molecule has 2 aromatic carbocycles. The summed E-state index contributed by atoms with van der Waals surface area (Å²) >= 11 is 0. The van der Waals surface area contributed by atoms with Crippen molar-refractivity contribution in [3.8, 4) is 17.2 Å². The Balaban J connectivity index is 1.72. The number of rotatable bonds is 6. The number of hydrogen-bond acceptors (Lipinski definition) is 4. The minimum atomic E-state index is 0.297. The molecule has 1 aliphatic rings. The first-order valence-electron chi connectivity index (χ1n) is 9.69. The summed E-state index contributed by atoms with van der Waals surface area (Å²) in [6.07, 6.45) is 1.73. The number of aliphatic imine (C=N–C) groups is 1. The van der Waals surface area contributed by atoms with E-state index in [9.17, 15) is 5.11 Å². The van der Waals surface area contributed by atoms with Crippen LogP contribution >= 0.6 is 0 Å². The molecule has 2 N–H and O–H groups in total. The lowest BCUT2D eigenvalue weighted by atomic mass is 9.99. The number of nitrogens with zero attached hydrogens (tertiary/aromatic N) is 2. The zero-order chi connectivity index (χ0) is 19.9. The molecule has 3 rings (SSSR count). The number of phenols is 1. The van der Waals surface area contributed by atoms with Crippen molar-refractivity contribution in [1.29, 1.82) is 0 Å². The van der Waals surface area contributed by atoms with Gasteiger partial charge in [-0.25, -0.2) is 0 Å². The van der Waals surface area contributed by atoms with E-state index < -0.39 is 0 Å². The second-order valence-corrected chi connectivity index (χ2v) is 6.80. The summed E-state index contributed by atoms with van der Waals surface area (Å²) in [4.78, 5) is 7.08. The van der Waals surface area contributed by atoms with Crippen LogP contribution in [0.1, 0.15) is 23.6 Å². The van der Waals surface area contributed by atoms with Gasteiger partial charge in [-0.2, -0.15) is 0 Å². The SMILES string of the molecule is CCNC(=NCCc1cccc(O)c1)N1CCc2cc(OC)c(OC)cc2C1. The van der Waals surface area contributed by atoms with Crippen LogP contribution in [0.3, 0.4) is 0 Å². The largest absolute Gasteiger partial charge is 0.508 e. The molecule has 0 spiro atoms. The van der Waals surface area contributed by atoms with Crippen molar-refractivity contribution in [2.75, 3.05) is 33.9 Å². The van der Waals surface area contributed by atoms with Gasteiger partial charge in [0.05, 0.1) is 14.2 Å². The van der Waals surface area contributed by atoms with Crippen LogP contribution in [0.2, 0.25) is 0 Å². The number of nitrogens with one attached hydrogen (secondary N) is 1. The minimum absolute atomic E-state index is 0.297. The third kappa shape index (κ3) is 4.68. The number of fused-ring (bicyclic) bond motifs is 1. The second-order valence-electron chi connectivity index (χ2n) is 6.80. The summed E-state index contributed by atoms with van der Waals surface area (Å²) in [5, 5.41) is 13.0. The summed E-state index contributed by atoms with van der Waals surface area (Å²) in [7, 11) is 3.33. The van der Waals surface area contributed by atoms with Gasteiger partial charge in [0, 0.05) is 26.2 Å². The molecule has 6 heteroatoms. The van der Waals surface area contributed by atoms with Crippen LogP contribution in [0.4, 0.5) is 0 Å². The van der Waals surface area contributed by atoms with Gasteiger partial charge >= 0.3 is 0 Å². The maximum atomic E-state index is 9.61. The zero-order valence-electron chi connectivity index (χ0n) is 16.9. The van der Waals surface area contributed by atoms with Crippen molar-refractivity contribution in [1.82, 2.24) is 10.2 Å². The fourth-order valence-corrected chi connectivity index (χ4v) is 3.49. The van der Waals surface area contributed by atoms with Gasteiger partial charge in [0.2, 0.25) is 0 Å². The first-order valence-corrected chi connectivity index (χ1v) is 9.69. The molecule has 0 aliphatic carbocycles. The predicted molar refractivity (Wildman–Crippen MR) is 111 cm³/mol. The molecule has 0 amide bonds. The van der Waals surface area contributed by atoms with Gasteiger partial charge in [0.25, 0.3) is 0 Å². The van der Waals surface area contributed by atoms with Gasteiger partial charge in [0.1, 0.15) is 5.75 Å². The summed E-state index contributed by atoms with van der Waals surface area (Å²) in [6.45, 7) is 5.26. The Labute approximate surface area is 166 Å². The van der Waals surface area contributed by atoms with Gasteiger partial charge in [0.15, 0.2) is 17.5 Å². The van der Waals surface area contributed by atoms with Crippen LogP contribution in [0.15, 0.2) is 41.4 Å². The Kier molecular flexibility index (Phi) is 6.63. The lowest BCUT2D eigenvalue weighted by Gasteiger charge is -2.32. The maximum absolute atomic E-state index is 9.61. The third-order valence-corrected chi connectivity index (χ3v) is 4.93. The number of benzene rings is 2. The molecule has 1 aliphatic heterocycles. The topological polar surface area (TPSA) is 66.3 Å². The summed E-state index contributed by atoms with van der Waals surface area (Å²) in [5.41, 5.74) is 3.62. The minimum Gasteiger partial charge on any atom is -0.508 e. The lowest BCUT2D eigenvalue weighted by Crippen LogP contribution is -2.44. The second kappa shape index (κ2) is 9.35. The molecule has 28 heavy (non-hydrogen) atoms. The molecule has 150 valence electrons. The summed E-state index contributed by atoms with van der Waals surface area (Å²) in [5.74, 6) is 2.75. The van der Waals surface area contributed by atoms with E-state index in [0.29, 0.717) is 12.3 Å². The fourth-order valence-electron chi connectivity index (χ4n) is 3.49. The Bertz CT molecular complexity index is 836. The zero-order valence-corrected chi connectivity index (χ0v) is 16.9. The highest BCUT2D eigenvalue weighted by Crippen LogP contribution is 2.33. The van der Waals surface area contributed by atoms with E-state index in [1.807, 2.05) is 12.1 Å². The number of phenolic OH excluding ortho intramolecular Hbond substituents is 1. The average Bonchev–Trinajstić information content (AvgIpc) is 2.71. The van der Waals surface area contributed by atoms with Crippen molar-refractivity contribution in [3.05, 3.63) is 53.1 Å². The van der Waals surface area contributed by atoms with Crippen molar-refractivity contribution in [3.63, 3.8) is 0 Å². The van der Waals surface area contributed by atoms with Crippen LogP contribution in [-0.4, -0.2) is 49.8 Å².